The van der Waals surface area contributed by atoms with Gasteiger partial charge in [0, 0.05) is 16.8 Å². The summed E-state index contributed by atoms with van der Waals surface area (Å²) in [5, 5.41) is 5.26. The van der Waals surface area contributed by atoms with E-state index in [4.69, 9.17) is 10.6 Å². The van der Waals surface area contributed by atoms with Crippen LogP contribution in [0.2, 0.25) is 0 Å². The van der Waals surface area contributed by atoms with Crippen molar-refractivity contribution in [2.75, 3.05) is 24.4 Å². The number of aromatic nitrogens is 3. The van der Waals surface area contributed by atoms with Crippen molar-refractivity contribution in [2.24, 2.45) is 5.84 Å². The van der Waals surface area contributed by atoms with Crippen LogP contribution in [-0.4, -0.2) is 28.6 Å². The monoisotopic (exact) mass is 294 g/mol. The first-order valence-corrected chi connectivity index (χ1v) is 6.97. The van der Waals surface area contributed by atoms with Gasteiger partial charge in [-0.25, -0.2) is 5.84 Å². The Morgan fingerprint density at radius 1 is 1.30 bits per heavy atom. The van der Waals surface area contributed by atoms with Gasteiger partial charge in [0.25, 0.3) is 0 Å². The van der Waals surface area contributed by atoms with E-state index in [1.54, 1.807) is 11.3 Å². The van der Waals surface area contributed by atoms with Crippen LogP contribution in [0.5, 0.6) is 6.01 Å². The van der Waals surface area contributed by atoms with E-state index < -0.39 is 0 Å². The number of rotatable bonds is 6. The van der Waals surface area contributed by atoms with Crippen molar-refractivity contribution in [2.45, 2.75) is 19.3 Å². The van der Waals surface area contributed by atoms with Gasteiger partial charge in [-0.05, 0) is 11.4 Å². The summed E-state index contributed by atoms with van der Waals surface area (Å²) in [4.78, 5) is 13.5. The number of hydrogen-bond donors (Lipinski definition) is 3. The lowest BCUT2D eigenvalue weighted by molar-refractivity contribution is 0.379. The van der Waals surface area contributed by atoms with Gasteiger partial charge in [0.1, 0.15) is 0 Å². The second-order valence-electron chi connectivity index (χ2n) is 4.83. The minimum atomic E-state index is -0.0235. The van der Waals surface area contributed by atoms with Crippen molar-refractivity contribution >= 4 is 23.2 Å². The Morgan fingerprint density at radius 3 is 2.65 bits per heavy atom. The van der Waals surface area contributed by atoms with E-state index >= 15 is 0 Å². The summed E-state index contributed by atoms with van der Waals surface area (Å²) in [5.74, 6) is 6.00. The standard InChI is InChI=1S/C12H18N6OS/c1-12(2,8-5-4-6-20-8)7-14-9-15-10(18-13)17-11(16-9)19-3/h4-6H,7,13H2,1-3H3,(H2,14,15,16,17,18). The molecule has 0 unspecified atom stereocenters. The molecule has 2 aromatic heterocycles. The Balaban J connectivity index is 2.10. The van der Waals surface area contributed by atoms with Crippen LogP contribution in [0.25, 0.3) is 0 Å². The third-order valence-electron chi connectivity index (χ3n) is 2.80. The molecule has 0 aliphatic heterocycles. The largest absolute Gasteiger partial charge is 0.467 e. The predicted molar refractivity (Wildman–Crippen MR) is 80.0 cm³/mol. The fourth-order valence-electron chi connectivity index (χ4n) is 1.64. The Kier molecular flexibility index (Phi) is 4.35. The maximum Gasteiger partial charge on any atom is 0.322 e. The molecule has 4 N–H and O–H groups in total. The Hall–Kier alpha value is -1.93. The lowest BCUT2D eigenvalue weighted by Crippen LogP contribution is -2.27. The van der Waals surface area contributed by atoms with Crippen LogP contribution >= 0.6 is 11.3 Å². The zero-order valence-corrected chi connectivity index (χ0v) is 12.5. The van der Waals surface area contributed by atoms with Crippen LogP contribution < -0.4 is 21.3 Å². The van der Waals surface area contributed by atoms with Crippen LogP contribution in [-0.2, 0) is 5.41 Å². The summed E-state index contributed by atoms with van der Waals surface area (Å²) < 4.78 is 5.01. The average molecular weight is 294 g/mol. The highest BCUT2D eigenvalue weighted by molar-refractivity contribution is 7.10. The molecule has 108 valence electrons. The minimum Gasteiger partial charge on any atom is -0.467 e. The van der Waals surface area contributed by atoms with Gasteiger partial charge in [-0.2, -0.15) is 15.0 Å². The van der Waals surface area contributed by atoms with Gasteiger partial charge in [-0.1, -0.05) is 19.9 Å². The maximum absolute atomic E-state index is 5.32. The number of nitrogen functional groups attached to an aromatic ring is 1. The van der Waals surface area contributed by atoms with E-state index in [-0.39, 0.29) is 17.4 Å². The molecule has 0 spiro atoms. The molecule has 0 bridgehead atoms. The maximum atomic E-state index is 5.32. The van der Waals surface area contributed by atoms with Crippen LogP contribution in [0.15, 0.2) is 17.5 Å². The Morgan fingerprint density at radius 2 is 2.05 bits per heavy atom. The SMILES string of the molecule is COc1nc(NN)nc(NCC(C)(C)c2cccs2)n1. The molecule has 0 saturated carbocycles. The third kappa shape index (κ3) is 3.34. The van der Waals surface area contributed by atoms with E-state index in [2.05, 4.69) is 51.0 Å². The fourth-order valence-corrected chi connectivity index (χ4v) is 2.49. The summed E-state index contributed by atoms with van der Waals surface area (Å²) in [6.45, 7) is 5.00. The molecule has 0 amide bonds. The number of hydrazine groups is 1. The molecule has 20 heavy (non-hydrogen) atoms. The third-order valence-corrected chi connectivity index (χ3v) is 4.04. The van der Waals surface area contributed by atoms with Crippen LogP contribution in [0.1, 0.15) is 18.7 Å². The van der Waals surface area contributed by atoms with Crippen LogP contribution in [0.3, 0.4) is 0 Å². The molecule has 0 atom stereocenters. The summed E-state index contributed by atoms with van der Waals surface area (Å²) in [6.07, 6.45) is 0. The first-order valence-electron chi connectivity index (χ1n) is 6.09. The highest BCUT2D eigenvalue weighted by Gasteiger charge is 2.22. The van der Waals surface area contributed by atoms with Crippen molar-refractivity contribution < 1.29 is 4.74 Å². The van der Waals surface area contributed by atoms with Crippen molar-refractivity contribution in [1.82, 2.24) is 15.0 Å². The van der Waals surface area contributed by atoms with Gasteiger partial charge in [0.2, 0.25) is 11.9 Å². The Bertz CT molecular complexity index is 535. The molecule has 2 heterocycles. The van der Waals surface area contributed by atoms with Crippen LogP contribution in [0, 0.1) is 0 Å². The van der Waals surface area contributed by atoms with E-state index in [1.807, 2.05) is 6.07 Å². The second kappa shape index (κ2) is 6.02. The lowest BCUT2D eigenvalue weighted by atomic mass is 9.91. The van der Waals surface area contributed by atoms with Gasteiger partial charge in [-0.15, -0.1) is 11.3 Å². The second-order valence-corrected chi connectivity index (χ2v) is 5.78. The zero-order chi connectivity index (χ0) is 14.6. The van der Waals surface area contributed by atoms with E-state index in [0.29, 0.717) is 12.5 Å². The molecule has 0 aliphatic rings. The number of methoxy groups -OCH3 is 1. The normalized spacial score (nSPS) is 11.2. The molecular weight excluding hydrogens is 276 g/mol. The lowest BCUT2D eigenvalue weighted by Gasteiger charge is -2.23. The smallest absolute Gasteiger partial charge is 0.322 e. The van der Waals surface area contributed by atoms with Crippen molar-refractivity contribution in [1.29, 1.82) is 0 Å². The molecule has 2 aromatic rings. The van der Waals surface area contributed by atoms with E-state index in [1.165, 1.54) is 12.0 Å². The molecule has 0 saturated heterocycles. The van der Waals surface area contributed by atoms with Gasteiger partial charge >= 0.3 is 6.01 Å². The van der Waals surface area contributed by atoms with Crippen LogP contribution in [0.4, 0.5) is 11.9 Å². The highest BCUT2D eigenvalue weighted by atomic mass is 32.1. The summed E-state index contributed by atoms with van der Waals surface area (Å²) in [7, 11) is 1.50. The van der Waals surface area contributed by atoms with Crippen molar-refractivity contribution in [3.05, 3.63) is 22.4 Å². The van der Waals surface area contributed by atoms with E-state index in [9.17, 15) is 0 Å². The first kappa shape index (κ1) is 14.5. The number of nitrogens with one attached hydrogen (secondary N) is 2. The number of anilines is 2. The van der Waals surface area contributed by atoms with Gasteiger partial charge < -0.3 is 10.1 Å². The van der Waals surface area contributed by atoms with E-state index in [0.717, 1.165) is 0 Å². The number of nitrogens with zero attached hydrogens (tertiary/aromatic N) is 3. The number of hydrogen-bond acceptors (Lipinski definition) is 8. The molecule has 7 nitrogen and oxygen atoms in total. The number of nitrogens with two attached hydrogens (primary N) is 1. The van der Waals surface area contributed by atoms with Gasteiger partial charge in [-0.3, -0.25) is 5.43 Å². The molecular formula is C12H18N6OS. The highest BCUT2D eigenvalue weighted by Crippen LogP contribution is 2.27. The zero-order valence-electron chi connectivity index (χ0n) is 11.7. The molecule has 0 aliphatic carbocycles. The van der Waals surface area contributed by atoms with Gasteiger partial charge in [0.15, 0.2) is 0 Å². The summed E-state index contributed by atoms with van der Waals surface area (Å²) >= 11 is 1.73. The summed E-state index contributed by atoms with van der Waals surface area (Å²) in [5.41, 5.74) is 2.36. The molecule has 0 fully saturated rings. The van der Waals surface area contributed by atoms with Gasteiger partial charge in [0.05, 0.1) is 7.11 Å². The number of ether oxygens (including phenoxy) is 1. The average Bonchev–Trinajstić information content (AvgIpc) is 3.00. The fraction of sp³-hybridized carbons (Fsp3) is 0.417. The molecule has 8 heteroatoms. The minimum absolute atomic E-state index is 0.0235. The molecule has 0 aromatic carbocycles. The van der Waals surface area contributed by atoms with Crippen molar-refractivity contribution in [3.8, 4) is 6.01 Å². The Labute approximate surface area is 121 Å². The van der Waals surface area contributed by atoms with Crippen molar-refractivity contribution in [3.63, 3.8) is 0 Å². The molecule has 0 radical (unpaired) electrons. The first-order chi connectivity index (χ1) is 9.55. The topological polar surface area (TPSA) is 98.0 Å². The molecule has 2 rings (SSSR count). The predicted octanol–water partition coefficient (Wildman–Crippen LogP) is 1.62. The number of thiophene rings is 1. The summed E-state index contributed by atoms with van der Waals surface area (Å²) in [6, 6.07) is 4.38. The quantitative estimate of drug-likeness (QED) is 0.550.